The molecule has 0 aliphatic heterocycles. The van der Waals surface area contributed by atoms with Crippen molar-refractivity contribution in [2.75, 3.05) is 0 Å². The molecule has 68 valence electrons. The molecular formula is C9H14ClNO. The first-order chi connectivity index (χ1) is 5.38. The molecule has 3 heteroatoms. The van der Waals surface area contributed by atoms with E-state index in [1.165, 1.54) is 19.3 Å². The second-order valence-electron chi connectivity index (χ2n) is 3.27. The van der Waals surface area contributed by atoms with Crippen molar-refractivity contribution in [3.8, 4) is 0 Å². The predicted octanol–water partition coefficient (Wildman–Crippen LogP) is 2.50. The molecule has 2 rings (SSSR count). The van der Waals surface area contributed by atoms with E-state index in [-0.39, 0.29) is 18.4 Å². The number of furan rings is 1. The van der Waals surface area contributed by atoms with Crippen molar-refractivity contribution in [1.29, 1.82) is 0 Å². The summed E-state index contributed by atoms with van der Waals surface area (Å²) in [6, 6.07) is 2.17. The van der Waals surface area contributed by atoms with Gasteiger partial charge in [0, 0.05) is 11.6 Å². The van der Waals surface area contributed by atoms with Crippen LogP contribution in [0, 0.1) is 5.92 Å². The summed E-state index contributed by atoms with van der Waals surface area (Å²) in [4.78, 5) is 0. The lowest BCUT2D eigenvalue weighted by atomic mass is 9.78. The Labute approximate surface area is 78.5 Å². The molecule has 0 spiro atoms. The molecule has 1 heterocycles. The van der Waals surface area contributed by atoms with Crippen LogP contribution in [0.5, 0.6) is 0 Å². The molecule has 0 bridgehead atoms. The minimum Gasteiger partial charge on any atom is -0.472 e. The number of hydrogen-bond donors (Lipinski definition) is 1. The van der Waals surface area contributed by atoms with Crippen LogP contribution in [-0.4, -0.2) is 0 Å². The van der Waals surface area contributed by atoms with Crippen molar-refractivity contribution in [1.82, 2.24) is 0 Å². The van der Waals surface area contributed by atoms with E-state index >= 15 is 0 Å². The molecule has 1 aromatic heterocycles. The summed E-state index contributed by atoms with van der Waals surface area (Å²) in [5.41, 5.74) is 7.13. The Morgan fingerprint density at radius 2 is 2.25 bits per heavy atom. The topological polar surface area (TPSA) is 39.2 Å². The van der Waals surface area contributed by atoms with Crippen molar-refractivity contribution in [2.24, 2.45) is 11.7 Å². The highest BCUT2D eigenvalue weighted by atomic mass is 35.5. The monoisotopic (exact) mass is 187 g/mol. The van der Waals surface area contributed by atoms with Gasteiger partial charge in [-0.05, 0) is 24.8 Å². The first-order valence-corrected chi connectivity index (χ1v) is 4.15. The number of nitrogens with two attached hydrogens (primary N) is 1. The zero-order valence-electron chi connectivity index (χ0n) is 6.90. The fourth-order valence-electron chi connectivity index (χ4n) is 1.54. The molecule has 0 amide bonds. The average Bonchev–Trinajstić information content (AvgIpc) is 2.32. The zero-order valence-corrected chi connectivity index (χ0v) is 7.72. The van der Waals surface area contributed by atoms with Gasteiger partial charge in [-0.25, -0.2) is 0 Å². The van der Waals surface area contributed by atoms with Gasteiger partial charge in [0.25, 0.3) is 0 Å². The van der Waals surface area contributed by atoms with Crippen molar-refractivity contribution in [3.63, 3.8) is 0 Å². The van der Waals surface area contributed by atoms with Gasteiger partial charge in [0.05, 0.1) is 12.5 Å². The maximum atomic E-state index is 5.98. The third kappa shape index (κ3) is 1.65. The van der Waals surface area contributed by atoms with E-state index in [2.05, 4.69) is 0 Å². The second-order valence-corrected chi connectivity index (χ2v) is 3.27. The van der Waals surface area contributed by atoms with Crippen molar-refractivity contribution in [2.45, 2.75) is 25.3 Å². The minimum atomic E-state index is 0. The maximum Gasteiger partial charge on any atom is 0.0950 e. The van der Waals surface area contributed by atoms with Crippen molar-refractivity contribution in [3.05, 3.63) is 24.2 Å². The first-order valence-electron chi connectivity index (χ1n) is 4.15. The van der Waals surface area contributed by atoms with Gasteiger partial charge in [-0.1, -0.05) is 6.42 Å². The average molecular weight is 188 g/mol. The fourth-order valence-corrected chi connectivity index (χ4v) is 1.54. The quantitative estimate of drug-likeness (QED) is 0.773. The summed E-state index contributed by atoms with van der Waals surface area (Å²) in [6.45, 7) is 0. The van der Waals surface area contributed by atoms with E-state index in [1.54, 1.807) is 12.5 Å². The van der Waals surface area contributed by atoms with Gasteiger partial charge in [-0.15, -0.1) is 12.4 Å². The van der Waals surface area contributed by atoms with Gasteiger partial charge < -0.3 is 10.2 Å². The third-order valence-electron chi connectivity index (χ3n) is 2.59. The smallest absolute Gasteiger partial charge is 0.0950 e. The summed E-state index contributed by atoms with van der Waals surface area (Å²) in [6.07, 6.45) is 7.35. The lowest BCUT2D eigenvalue weighted by Gasteiger charge is -2.30. The Morgan fingerprint density at radius 1 is 1.50 bits per heavy atom. The Morgan fingerprint density at radius 3 is 2.67 bits per heavy atom. The normalized spacial score (nSPS) is 19.4. The Kier molecular flexibility index (Phi) is 3.18. The van der Waals surface area contributed by atoms with Crippen LogP contribution in [0.25, 0.3) is 0 Å². The molecule has 1 aliphatic rings. The summed E-state index contributed by atoms with van der Waals surface area (Å²) in [5.74, 6) is 0.701. The lowest BCUT2D eigenvalue weighted by molar-refractivity contribution is 0.263. The molecule has 1 aromatic rings. The molecule has 12 heavy (non-hydrogen) atoms. The standard InChI is InChI=1S/C9H13NO.ClH/c10-9(7-2-1-3-7)8-4-5-11-6-8;/h4-7,9H,1-3,10H2;1H/t9-;/m1./s1. The van der Waals surface area contributed by atoms with E-state index in [0.29, 0.717) is 5.92 Å². The van der Waals surface area contributed by atoms with Crippen LogP contribution in [0.2, 0.25) is 0 Å². The van der Waals surface area contributed by atoms with E-state index in [9.17, 15) is 0 Å². The van der Waals surface area contributed by atoms with Crippen LogP contribution in [0.1, 0.15) is 30.9 Å². The first kappa shape index (κ1) is 9.62. The van der Waals surface area contributed by atoms with Gasteiger partial charge >= 0.3 is 0 Å². The van der Waals surface area contributed by atoms with Gasteiger partial charge in [0.15, 0.2) is 0 Å². The van der Waals surface area contributed by atoms with Gasteiger partial charge in [-0.2, -0.15) is 0 Å². The highest BCUT2D eigenvalue weighted by Crippen LogP contribution is 2.35. The van der Waals surface area contributed by atoms with Crippen LogP contribution in [0.3, 0.4) is 0 Å². The molecule has 0 saturated heterocycles. The van der Waals surface area contributed by atoms with Crippen molar-refractivity contribution >= 4 is 12.4 Å². The molecule has 1 fully saturated rings. The van der Waals surface area contributed by atoms with E-state index in [0.717, 1.165) is 5.56 Å². The Bertz CT molecular complexity index is 218. The summed E-state index contributed by atoms with van der Waals surface area (Å²) in [5, 5.41) is 0. The molecule has 2 nitrogen and oxygen atoms in total. The fraction of sp³-hybridized carbons (Fsp3) is 0.556. The molecule has 2 N–H and O–H groups in total. The van der Waals surface area contributed by atoms with Crippen molar-refractivity contribution < 1.29 is 4.42 Å². The van der Waals surface area contributed by atoms with Gasteiger partial charge in [0.1, 0.15) is 0 Å². The summed E-state index contributed by atoms with van der Waals surface area (Å²) < 4.78 is 4.97. The van der Waals surface area contributed by atoms with Crippen LogP contribution in [-0.2, 0) is 0 Å². The Balaban J connectivity index is 0.000000720. The molecule has 1 saturated carbocycles. The minimum absolute atomic E-state index is 0. The lowest BCUT2D eigenvalue weighted by Crippen LogP contribution is -2.26. The third-order valence-corrected chi connectivity index (χ3v) is 2.59. The molecular weight excluding hydrogens is 174 g/mol. The molecule has 0 aromatic carbocycles. The number of halogens is 1. The highest BCUT2D eigenvalue weighted by molar-refractivity contribution is 5.85. The van der Waals surface area contributed by atoms with Crippen LogP contribution in [0.4, 0.5) is 0 Å². The molecule has 1 atom stereocenters. The molecule has 0 radical (unpaired) electrons. The van der Waals surface area contributed by atoms with Gasteiger partial charge in [0.2, 0.25) is 0 Å². The van der Waals surface area contributed by atoms with E-state index in [4.69, 9.17) is 10.2 Å². The SMILES string of the molecule is Cl.N[C@@H](c1ccoc1)C1CCC1. The van der Waals surface area contributed by atoms with Gasteiger partial charge in [-0.3, -0.25) is 0 Å². The summed E-state index contributed by atoms with van der Waals surface area (Å²) in [7, 11) is 0. The predicted molar refractivity (Wildman–Crippen MR) is 50.2 cm³/mol. The van der Waals surface area contributed by atoms with E-state index in [1.807, 2.05) is 6.07 Å². The van der Waals surface area contributed by atoms with Crippen LogP contribution in [0.15, 0.2) is 23.0 Å². The Hall–Kier alpha value is -0.470. The highest BCUT2D eigenvalue weighted by Gasteiger charge is 2.25. The molecule has 1 aliphatic carbocycles. The number of rotatable bonds is 2. The molecule has 0 unspecified atom stereocenters. The maximum absolute atomic E-state index is 5.98. The van der Waals surface area contributed by atoms with Crippen LogP contribution < -0.4 is 5.73 Å². The summed E-state index contributed by atoms with van der Waals surface area (Å²) >= 11 is 0. The zero-order chi connectivity index (χ0) is 7.68. The number of hydrogen-bond acceptors (Lipinski definition) is 2. The second kappa shape index (κ2) is 3.97. The largest absolute Gasteiger partial charge is 0.472 e. The van der Waals surface area contributed by atoms with Crippen LogP contribution >= 0.6 is 12.4 Å². The van der Waals surface area contributed by atoms with E-state index < -0.39 is 0 Å².